The number of likely N-dealkylation sites (tertiary alicyclic amines) is 1. The highest BCUT2D eigenvalue weighted by Crippen LogP contribution is 2.38. The number of aryl methyl sites for hydroxylation is 1. The number of rotatable bonds is 5. The maximum atomic E-state index is 13.2. The van der Waals surface area contributed by atoms with E-state index in [-0.39, 0.29) is 5.91 Å². The molecule has 1 aliphatic heterocycles. The minimum Gasteiger partial charge on any atom is -0.361 e. The Morgan fingerprint density at radius 3 is 2.71 bits per heavy atom. The number of piperidine rings is 1. The molecule has 0 atom stereocenters. The Morgan fingerprint density at radius 2 is 1.85 bits per heavy atom. The van der Waals surface area contributed by atoms with Gasteiger partial charge >= 0.3 is 0 Å². The molecule has 2 aliphatic rings. The average Bonchev–Trinajstić information content (AvgIpc) is 3.42. The molecule has 8 rings (SSSR count). The van der Waals surface area contributed by atoms with Crippen LogP contribution in [0, 0.1) is 18.3 Å². The normalized spacial score (nSPS) is 15.9. The molecule has 2 fully saturated rings. The summed E-state index contributed by atoms with van der Waals surface area (Å²) in [6.45, 7) is 4.23. The van der Waals surface area contributed by atoms with E-state index in [0.29, 0.717) is 30.3 Å². The summed E-state index contributed by atoms with van der Waals surface area (Å²) in [5.41, 5.74) is 10.3. The van der Waals surface area contributed by atoms with Gasteiger partial charge in [0.1, 0.15) is 5.69 Å². The Labute approximate surface area is 237 Å². The first-order chi connectivity index (χ1) is 20.0. The van der Waals surface area contributed by atoms with Gasteiger partial charge in [-0.3, -0.25) is 4.79 Å². The number of benzene rings is 2. The van der Waals surface area contributed by atoms with Gasteiger partial charge in [-0.15, -0.1) is 0 Å². The third kappa shape index (κ3) is 4.15. The molecule has 6 aromatic rings. The van der Waals surface area contributed by atoms with Crippen LogP contribution in [0.1, 0.15) is 41.6 Å². The van der Waals surface area contributed by atoms with Crippen LogP contribution in [0.5, 0.6) is 0 Å². The van der Waals surface area contributed by atoms with Crippen molar-refractivity contribution in [2.45, 2.75) is 39.2 Å². The lowest BCUT2D eigenvalue weighted by Gasteiger charge is -2.27. The predicted molar refractivity (Wildman–Crippen MR) is 164 cm³/mol. The molecular formula is C34H32N6O. The number of pyridine rings is 1. The molecule has 41 heavy (non-hydrogen) atoms. The summed E-state index contributed by atoms with van der Waals surface area (Å²) in [5.74, 6) is 0.674. The molecule has 2 N–H and O–H groups in total. The lowest BCUT2D eigenvalue weighted by Crippen LogP contribution is -2.39. The van der Waals surface area contributed by atoms with Gasteiger partial charge in [0.2, 0.25) is 0 Å². The largest absolute Gasteiger partial charge is 0.361 e. The van der Waals surface area contributed by atoms with E-state index in [1.54, 1.807) is 4.90 Å². The zero-order chi connectivity index (χ0) is 27.7. The minimum absolute atomic E-state index is 0.0285. The number of carbonyl (C=O) groups excluding carboxylic acids is 1. The van der Waals surface area contributed by atoms with Crippen molar-refractivity contribution in [3.8, 4) is 22.5 Å². The van der Waals surface area contributed by atoms with Gasteiger partial charge in [0.15, 0.2) is 0 Å². The highest BCUT2D eigenvalue weighted by Gasteiger charge is 2.26. The van der Waals surface area contributed by atoms with Gasteiger partial charge in [-0.05, 0) is 97.5 Å². The Balaban J connectivity index is 1.21. The smallest absolute Gasteiger partial charge is 0.255 e. The molecule has 7 nitrogen and oxygen atoms in total. The van der Waals surface area contributed by atoms with Crippen LogP contribution < -0.4 is 0 Å². The van der Waals surface area contributed by atoms with Gasteiger partial charge in [-0.1, -0.05) is 18.2 Å². The second-order valence-electron chi connectivity index (χ2n) is 11.8. The van der Waals surface area contributed by atoms with Crippen LogP contribution in [-0.2, 0) is 6.54 Å². The van der Waals surface area contributed by atoms with E-state index in [2.05, 4.69) is 65.0 Å². The number of aromatic nitrogens is 4. The summed E-state index contributed by atoms with van der Waals surface area (Å²) in [6, 6.07) is 21.7. The molecule has 1 saturated heterocycles. The van der Waals surface area contributed by atoms with E-state index in [1.807, 2.05) is 29.0 Å². The molecule has 4 aromatic heterocycles. The summed E-state index contributed by atoms with van der Waals surface area (Å²) in [6.07, 6.45) is 8.02. The monoisotopic (exact) mass is 540 g/mol. The fourth-order valence-electron chi connectivity index (χ4n) is 6.39. The fourth-order valence-corrected chi connectivity index (χ4v) is 6.39. The quantitative estimate of drug-likeness (QED) is 0.245. The van der Waals surface area contributed by atoms with Crippen molar-refractivity contribution in [2.24, 2.45) is 5.92 Å². The fraction of sp³-hybridized carbons (Fsp3) is 0.265. The van der Waals surface area contributed by atoms with Crippen molar-refractivity contribution in [3.05, 3.63) is 84.2 Å². The van der Waals surface area contributed by atoms with Gasteiger partial charge < -0.3 is 19.9 Å². The number of fused-ring (bicyclic) bond motifs is 3. The van der Waals surface area contributed by atoms with Crippen LogP contribution >= 0.6 is 0 Å². The maximum Gasteiger partial charge on any atom is 0.255 e. The number of nitrogens with one attached hydrogen (secondary N) is 2. The van der Waals surface area contributed by atoms with Crippen LogP contribution in [0.3, 0.4) is 0 Å². The SMILES string of the molecule is Cc1c(-c2cc3ccc(-c4ccc5[nH]ccc5c4)cc3n2CC2CC2)nn2cc(C(=O)N3CCCC(=N)C3)ccc12. The van der Waals surface area contributed by atoms with Gasteiger partial charge in [0.25, 0.3) is 5.91 Å². The van der Waals surface area contributed by atoms with Crippen LogP contribution in [0.2, 0.25) is 0 Å². The molecule has 0 bridgehead atoms. The van der Waals surface area contributed by atoms with Gasteiger partial charge in [-0.25, -0.2) is 4.52 Å². The first-order valence-corrected chi connectivity index (χ1v) is 14.6. The zero-order valence-corrected chi connectivity index (χ0v) is 23.2. The molecule has 2 aromatic carbocycles. The van der Waals surface area contributed by atoms with Crippen molar-refractivity contribution in [3.63, 3.8) is 0 Å². The number of nitrogens with zero attached hydrogens (tertiary/aromatic N) is 4. The van der Waals surface area contributed by atoms with Gasteiger partial charge in [0, 0.05) is 53.2 Å². The zero-order valence-electron chi connectivity index (χ0n) is 23.2. The number of H-pyrrole nitrogens is 1. The van der Waals surface area contributed by atoms with E-state index in [1.165, 1.54) is 40.3 Å². The van der Waals surface area contributed by atoms with Crippen molar-refractivity contribution in [1.29, 1.82) is 5.41 Å². The standard InChI is InChI=1S/C34H32N6O/c1-21-30-11-9-27(34(41)38-14-2-3-28(35)20-38)19-40(30)37-33(21)32-17-26-7-6-24(16-31(26)39(32)18-22-4-5-22)23-8-10-29-25(15-23)12-13-36-29/h6-13,15-17,19,22,35-36H,2-5,14,18,20H2,1H3. The minimum atomic E-state index is -0.0285. The predicted octanol–water partition coefficient (Wildman–Crippen LogP) is 7.08. The molecule has 204 valence electrons. The second-order valence-corrected chi connectivity index (χ2v) is 11.8. The van der Waals surface area contributed by atoms with Crippen molar-refractivity contribution >= 4 is 38.9 Å². The second kappa shape index (κ2) is 9.20. The maximum absolute atomic E-state index is 13.2. The van der Waals surface area contributed by atoms with Crippen LogP contribution in [0.15, 0.2) is 73.1 Å². The highest BCUT2D eigenvalue weighted by atomic mass is 16.2. The molecule has 7 heteroatoms. The van der Waals surface area contributed by atoms with Gasteiger partial charge in [0.05, 0.1) is 23.3 Å². The molecule has 0 unspecified atom stereocenters. The summed E-state index contributed by atoms with van der Waals surface area (Å²) in [4.78, 5) is 18.3. The first kappa shape index (κ1) is 24.2. The topological polar surface area (TPSA) is 82.2 Å². The summed E-state index contributed by atoms with van der Waals surface area (Å²) in [5, 5.41) is 15.5. The number of amides is 1. The Bertz CT molecular complexity index is 2000. The third-order valence-corrected chi connectivity index (χ3v) is 8.87. The Hall–Kier alpha value is -4.65. The molecule has 0 radical (unpaired) electrons. The van der Waals surface area contributed by atoms with E-state index in [4.69, 9.17) is 10.5 Å². The number of aromatic amines is 1. The first-order valence-electron chi connectivity index (χ1n) is 14.6. The lowest BCUT2D eigenvalue weighted by atomic mass is 10.0. The molecular weight excluding hydrogens is 508 g/mol. The highest BCUT2D eigenvalue weighted by molar-refractivity contribution is 5.98. The summed E-state index contributed by atoms with van der Waals surface area (Å²) in [7, 11) is 0. The molecule has 1 aliphatic carbocycles. The number of carbonyl (C=O) groups is 1. The van der Waals surface area contributed by atoms with Crippen molar-refractivity contribution < 1.29 is 4.79 Å². The van der Waals surface area contributed by atoms with E-state index in [0.717, 1.165) is 47.4 Å². The van der Waals surface area contributed by atoms with Crippen LogP contribution in [0.4, 0.5) is 0 Å². The van der Waals surface area contributed by atoms with Crippen LogP contribution in [-0.4, -0.2) is 48.8 Å². The molecule has 0 spiro atoms. The molecule has 5 heterocycles. The number of hydrogen-bond acceptors (Lipinski definition) is 3. The lowest BCUT2D eigenvalue weighted by molar-refractivity contribution is 0.0768. The number of hydrogen-bond donors (Lipinski definition) is 2. The van der Waals surface area contributed by atoms with E-state index < -0.39 is 0 Å². The summed E-state index contributed by atoms with van der Waals surface area (Å²) < 4.78 is 4.33. The third-order valence-electron chi connectivity index (χ3n) is 8.87. The van der Waals surface area contributed by atoms with Crippen molar-refractivity contribution in [2.75, 3.05) is 13.1 Å². The van der Waals surface area contributed by atoms with Crippen molar-refractivity contribution in [1.82, 2.24) is 24.1 Å². The summed E-state index contributed by atoms with van der Waals surface area (Å²) >= 11 is 0. The van der Waals surface area contributed by atoms with E-state index >= 15 is 0 Å². The Morgan fingerprint density at radius 1 is 1.00 bits per heavy atom. The van der Waals surface area contributed by atoms with E-state index in [9.17, 15) is 4.79 Å². The molecule has 1 amide bonds. The van der Waals surface area contributed by atoms with Crippen LogP contribution in [0.25, 0.3) is 49.8 Å². The average molecular weight is 541 g/mol. The molecule has 1 saturated carbocycles. The Kier molecular flexibility index (Phi) is 5.42. The van der Waals surface area contributed by atoms with Gasteiger partial charge in [-0.2, -0.15) is 5.10 Å².